The van der Waals surface area contributed by atoms with Crippen molar-refractivity contribution in [1.82, 2.24) is 14.8 Å². The third kappa shape index (κ3) is 2.58. The van der Waals surface area contributed by atoms with Crippen molar-refractivity contribution in [2.45, 2.75) is 12.1 Å². The smallest absolute Gasteiger partial charge is 0.262 e. The number of alkyl halides is 4. The van der Waals surface area contributed by atoms with Gasteiger partial charge in [0.05, 0.1) is 11.9 Å². The van der Waals surface area contributed by atoms with E-state index in [1.54, 1.807) is 12.3 Å². The second-order valence-corrected chi connectivity index (χ2v) is 3.60. The van der Waals surface area contributed by atoms with Crippen molar-refractivity contribution in [2.75, 3.05) is 0 Å². The maximum Gasteiger partial charge on any atom is 0.435 e. The van der Waals surface area contributed by atoms with Crippen LogP contribution >= 0.6 is 11.6 Å². The summed E-state index contributed by atoms with van der Waals surface area (Å²) in [7, 11) is 0. The van der Waals surface area contributed by atoms with Crippen LogP contribution in [0.25, 0.3) is 5.69 Å². The molecule has 0 aliphatic carbocycles. The Morgan fingerprint density at radius 1 is 1.29 bits per heavy atom. The Morgan fingerprint density at radius 3 is 2.65 bits per heavy atom. The molecule has 0 aliphatic rings. The lowest BCUT2D eigenvalue weighted by molar-refractivity contribution is -0.141. The van der Waals surface area contributed by atoms with Gasteiger partial charge in [0, 0.05) is 18.3 Å². The summed E-state index contributed by atoms with van der Waals surface area (Å²) in [5.74, 6) is 0.244. The van der Waals surface area contributed by atoms with Gasteiger partial charge in [-0.15, -0.1) is 11.6 Å². The van der Waals surface area contributed by atoms with Gasteiger partial charge in [0.25, 0.3) is 0 Å². The minimum absolute atomic E-state index is 0.244. The van der Waals surface area contributed by atoms with Crippen LogP contribution in [0.2, 0.25) is 0 Å². The number of aromatic nitrogens is 3. The average molecular weight is 262 g/mol. The molecule has 2 heterocycles. The molecule has 0 fully saturated rings. The van der Waals surface area contributed by atoms with E-state index >= 15 is 0 Å². The van der Waals surface area contributed by atoms with E-state index < -0.39 is 11.9 Å². The summed E-state index contributed by atoms with van der Waals surface area (Å²) < 4.78 is 38.2. The molecule has 17 heavy (non-hydrogen) atoms. The molecular weight excluding hydrogens is 255 g/mol. The fourth-order valence-corrected chi connectivity index (χ4v) is 1.44. The van der Waals surface area contributed by atoms with Gasteiger partial charge in [-0.05, 0) is 17.7 Å². The quantitative estimate of drug-likeness (QED) is 0.778. The van der Waals surface area contributed by atoms with Gasteiger partial charge < -0.3 is 0 Å². The number of pyridine rings is 1. The van der Waals surface area contributed by atoms with Gasteiger partial charge in [0.2, 0.25) is 0 Å². The van der Waals surface area contributed by atoms with Gasteiger partial charge in [-0.2, -0.15) is 18.3 Å². The predicted octanol–water partition coefficient (Wildman–Crippen LogP) is 3.02. The van der Waals surface area contributed by atoms with Gasteiger partial charge in [-0.1, -0.05) is 0 Å². The minimum Gasteiger partial charge on any atom is -0.262 e. The van der Waals surface area contributed by atoms with Crippen LogP contribution in [0, 0.1) is 0 Å². The fraction of sp³-hybridized carbons (Fsp3) is 0.200. The van der Waals surface area contributed by atoms with E-state index in [1.807, 2.05) is 0 Å². The van der Waals surface area contributed by atoms with Crippen molar-refractivity contribution in [3.8, 4) is 5.69 Å². The van der Waals surface area contributed by atoms with Crippen LogP contribution in [0.4, 0.5) is 13.2 Å². The first-order chi connectivity index (χ1) is 8.00. The van der Waals surface area contributed by atoms with Gasteiger partial charge in [-0.3, -0.25) is 4.98 Å². The SMILES string of the molecule is FC(F)(F)c1ccn(-c2cncc(CCl)c2)n1. The summed E-state index contributed by atoms with van der Waals surface area (Å²) in [6, 6.07) is 2.54. The van der Waals surface area contributed by atoms with Crippen LogP contribution in [0.5, 0.6) is 0 Å². The lowest BCUT2D eigenvalue weighted by atomic mass is 10.3. The Balaban J connectivity index is 2.37. The molecule has 0 saturated carbocycles. The third-order valence-electron chi connectivity index (χ3n) is 2.08. The summed E-state index contributed by atoms with van der Waals surface area (Å²) in [4.78, 5) is 3.88. The molecule has 0 spiro atoms. The van der Waals surface area contributed by atoms with Crippen molar-refractivity contribution in [1.29, 1.82) is 0 Å². The highest BCUT2D eigenvalue weighted by molar-refractivity contribution is 6.17. The number of hydrogen-bond donors (Lipinski definition) is 0. The normalized spacial score (nSPS) is 11.8. The Morgan fingerprint density at radius 2 is 2.06 bits per heavy atom. The Hall–Kier alpha value is -1.56. The van der Waals surface area contributed by atoms with Crippen molar-refractivity contribution >= 4 is 11.6 Å². The zero-order chi connectivity index (χ0) is 12.5. The molecule has 0 bridgehead atoms. The maximum atomic E-state index is 12.3. The van der Waals surface area contributed by atoms with E-state index in [4.69, 9.17) is 11.6 Å². The maximum absolute atomic E-state index is 12.3. The molecule has 0 radical (unpaired) electrons. The van der Waals surface area contributed by atoms with Crippen LogP contribution in [0.1, 0.15) is 11.3 Å². The standard InChI is InChI=1S/C10H7ClF3N3/c11-4-7-3-8(6-15-5-7)17-2-1-9(16-17)10(12,13)14/h1-3,5-6H,4H2. The van der Waals surface area contributed by atoms with Gasteiger partial charge in [0.15, 0.2) is 5.69 Å². The molecule has 0 N–H and O–H groups in total. The molecule has 90 valence electrons. The first-order valence-corrected chi connectivity index (χ1v) is 5.17. The summed E-state index contributed by atoms with van der Waals surface area (Å²) in [6.45, 7) is 0. The molecule has 3 nitrogen and oxygen atoms in total. The fourth-order valence-electron chi connectivity index (χ4n) is 1.29. The highest BCUT2D eigenvalue weighted by Crippen LogP contribution is 2.27. The monoisotopic (exact) mass is 261 g/mol. The van der Waals surface area contributed by atoms with Crippen molar-refractivity contribution in [2.24, 2.45) is 0 Å². The van der Waals surface area contributed by atoms with Gasteiger partial charge in [0.1, 0.15) is 0 Å². The second-order valence-electron chi connectivity index (χ2n) is 3.33. The van der Waals surface area contributed by atoms with Crippen LogP contribution in [0.15, 0.2) is 30.7 Å². The summed E-state index contributed by atoms with van der Waals surface area (Å²) in [5.41, 5.74) is 0.223. The molecule has 2 aromatic rings. The number of rotatable bonds is 2. The number of hydrogen-bond acceptors (Lipinski definition) is 2. The third-order valence-corrected chi connectivity index (χ3v) is 2.39. The number of nitrogens with zero attached hydrogens (tertiary/aromatic N) is 3. The topological polar surface area (TPSA) is 30.7 Å². The molecule has 2 aromatic heterocycles. The molecule has 0 saturated heterocycles. The molecule has 0 atom stereocenters. The molecule has 2 rings (SSSR count). The zero-order valence-electron chi connectivity index (χ0n) is 8.45. The van der Waals surface area contributed by atoms with Gasteiger partial charge in [-0.25, -0.2) is 4.68 Å². The lowest BCUT2D eigenvalue weighted by Crippen LogP contribution is -2.07. The highest BCUT2D eigenvalue weighted by atomic mass is 35.5. The van der Waals surface area contributed by atoms with Gasteiger partial charge >= 0.3 is 6.18 Å². The summed E-state index contributed by atoms with van der Waals surface area (Å²) >= 11 is 5.61. The molecule has 0 aromatic carbocycles. The van der Waals surface area contributed by atoms with Crippen LogP contribution in [-0.4, -0.2) is 14.8 Å². The molecular formula is C10H7ClF3N3. The highest BCUT2D eigenvalue weighted by Gasteiger charge is 2.33. The zero-order valence-corrected chi connectivity index (χ0v) is 9.20. The average Bonchev–Trinajstić information content (AvgIpc) is 2.78. The molecule has 0 aliphatic heterocycles. The first-order valence-electron chi connectivity index (χ1n) is 4.64. The van der Waals surface area contributed by atoms with Crippen molar-refractivity contribution in [3.05, 3.63) is 42.0 Å². The summed E-state index contributed by atoms with van der Waals surface area (Å²) in [6.07, 6.45) is -0.242. The Kier molecular flexibility index (Phi) is 3.06. The van der Waals surface area contributed by atoms with Crippen molar-refractivity contribution < 1.29 is 13.2 Å². The molecule has 0 amide bonds. The molecule has 0 unspecified atom stereocenters. The van der Waals surface area contributed by atoms with E-state index in [0.717, 1.165) is 10.7 Å². The Labute approximate surface area is 99.8 Å². The van der Waals surface area contributed by atoms with Crippen LogP contribution in [-0.2, 0) is 12.1 Å². The second kappa shape index (κ2) is 4.37. The summed E-state index contributed by atoms with van der Waals surface area (Å²) in [5, 5.41) is 3.44. The molecule has 7 heteroatoms. The number of halogens is 4. The Bertz CT molecular complexity index is 522. The largest absolute Gasteiger partial charge is 0.435 e. The predicted molar refractivity (Wildman–Crippen MR) is 55.9 cm³/mol. The van der Waals surface area contributed by atoms with E-state index in [0.29, 0.717) is 11.3 Å². The van der Waals surface area contributed by atoms with Crippen LogP contribution in [0.3, 0.4) is 0 Å². The van der Waals surface area contributed by atoms with E-state index in [-0.39, 0.29) is 5.88 Å². The van der Waals surface area contributed by atoms with E-state index in [1.165, 1.54) is 12.4 Å². The first kappa shape index (κ1) is 11.9. The van der Waals surface area contributed by atoms with Crippen LogP contribution < -0.4 is 0 Å². The minimum atomic E-state index is -4.44. The van der Waals surface area contributed by atoms with E-state index in [2.05, 4.69) is 10.1 Å². The van der Waals surface area contributed by atoms with E-state index in [9.17, 15) is 13.2 Å². The van der Waals surface area contributed by atoms with Crippen molar-refractivity contribution in [3.63, 3.8) is 0 Å². The lowest BCUT2D eigenvalue weighted by Gasteiger charge is -2.03.